The second-order valence-corrected chi connectivity index (χ2v) is 7.59. The Hall–Kier alpha value is -0.0900. The van der Waals surface area contributed by atoms with Crippen molar-refractivity contribution in [2.24, 2.45) is 17.8 Å². The van der Waals surface area contributed by atoms with Crippen molar-refractivity contribution < 1.29 is 13.0 Å². The van der Waals surface area contributed by atoms with E-state index in [0.29, 0.717) is 6.42 Å². The van der Waals surface area contributed by atoms with Gasteiger partial charge in [-0.25, -0.2) is 0 Å². The van der Waals surface area contributed by atoms with Crippen molar-refractivity contribution in [3.05, 3.63) is 0 Å². The van der Waals surface area contributed by atoms with Crippen molar-refractivity contribution in [1.82, 2.24) is 0 Å². The normalized spacial score (nSPS) is 33.6. The zero-order valence-electron chi connectivity index (χ0n) is 10.5. The van der Waals surface area contributed by atoms with Crippen molar-refractivity contribution in [2.45, 2.75) is 57.8 Å². The zero-order chi connectivity index (χ0) is 12.3. The van der Waals surface area contributed by atoms with Gasteiger partial charge in [0.2, 0.25) is 0 Å². The van der Waals surface area contributed by atoms with Crippen LogP contribution in [0.25, 0.3) is 0 Å². The Morgan fingerprint density at radius 3 is 2.24 bits per heavy atom. The summed E-state index contributed by atoms with van der Waals surface area (Å²) in [5, 5.41) is 0. The fraction of sp³-hybridized carbons (Fsp3) is 1.00. The van der Waals surface area contributed by atoms with E-state index in [0.717, 1.165) is 30.6 Å². The molecule has 2 atom stereocenters. The third kappa shape index (κ3) is 4.59. The Morgan fingerprint density at radius 2 is 1.65 bits per heavy atom. The molecule has 0 aliphatic heterocycles. The molecule has 2 unspecified atom stereocenters. The van der Waals surface area contributed by atoms with E-state index >= 15 is 0 Å². The van der Waals surface area contributed by atoms with Gasteiger partial charge in [-0.05, 0) is 43.4 Å². The molecule has 3 nitrogen and oxygen atoms in total. The highest BCUT2D eigenvalue weighted by atomic mass is 32.2. The van der Waals surface area contributed by atoms with Gasteiger partial charge in [-0.1, -0.05) is 32.1 Å². The molecule has 2 saturated carbocycles. The minimum atomic E-state index is -3.74. The summed E-state index contributed by atoms with van der Waals surface area (Å²) in [6.45, 7) is 0. The summed E-state index contributed by atoms with van der Waals surface area (Å²) in [7, 11) is -3.74. The van der Waals surface area contributed by atoms with E-state index in [1.54, 1.807) is 0 Å². The molecule has 2 bridgehead atoms. The number of hydrogen-bond acceptors (Lipinski definition) is 2. The maximum Gasteiger partial charge on any atom is 0.264 e. The number of rotatable bonds is 5. The second-order valence-electron chi connectivity index (χ2n) is 6.02. The Balaban J connectivity index is 1.66. The highest BCUT2D eigenvalue weighted by molar-refractivity contribution is 7.85. The summed E-state index contributed by atoms with van der Waals surface area (Å²) in [5.41, 5.74) is 0. The van der Waals surface area contributed by atoms with Crippen LogP contribution in [0.3, 0.4) is 0 Å². The van der Waals surface area contributed by atoms with Gasteiger partial charge in [-0.3, -0.25) is 4.55 Å². The first kappa shape index (κ1) is 13.3. The first-order chi connectivity index (χ1) is 8.03. The molecule has 0 radical (unpaired) electrons. The van der Waals surface area contributed by atoms with Crippen LogP contribution in [0.5, 0.6) is 0 Å². The van der Waals surface area contributed by atoms with Crippen LogP contribution in [0.1, 0.15) is 57.8 Å². The third-order valence-corrected chi connectivity index (χ3v) is 5.29. The summed E-state index contributed by atoms with van der Waals surface area (Å²) in [5.74, 6) is 2.66. The number of fused-ring (bicyclic) bond motifs is 2. The predicted molar refractivity (Wildman–Crippen MR) is 68.4 cm³/mol. The van der Waals surface area contributed by atoms with E-state index in [1.807, 2.05) is 0 Å². The Morgan fingerprint density at radius 1 is 1.00 bits per heavy atom. The Labute approximate surface area is 105 Å². The molecule has 0 amide bonds. The smallest absolute Gasteiger partial charge is 0.264 e. The van der Waals surface area contributed by atoms with Gasteiger partial charge in [0.1, 0.15) is 0 Å². The molecule has 0 aromatic rings. The van der Waals surface area contributed by atoms with E-state index in [9.17, 15) is 8.42 Å². The van der Waals surface area contributed by atoms with Gasteiger partial charge in [-0.2, -0.15) is 8.42 Å². The van der Waals surface area contributed by atoms with Crippen LogP contribution in [-0.2, 0) is 10.1 Å². The van der Waals surface area contributed by atoms with Crippen LogP contribution in [0, 0.1) is 17.8 Å². The molecule has 4 heteroatoms. The minimum absolute atomic E-state index is 0.0629. The largest absolute Gasteiger partial charge is 0.286 e. The van der Waals surface area contributed by atoms with E-state index in [4.69, 9.17) is 4.55 Å². The average molecular weight is 260 g/mol. The first-order valence-electron chi connectivity index (χ1n) is 6.98. The molecule has 0 heterocycles. The zero-order valence-corrected chi connectivity index (χ0v) is 11.3. The van der Waals surface area contributed by atoms with Crippen molar-refractivity contribution in [3.63, 3.8) is 0 Å². The van der Waals surface area contributed by atoms with Gasteiger partial charge < -0.3 is 0 Å². The summed E-state index contributed by atoms with van der Waals surface area (Å²) >= 11 is 0. The van der Waals surface area contributed by atoms with Gasteiger partial charge in [0.05, 0.1) is 5.75 Å². The Kier molecular flexibility index (Phi) is 4.47. The molecule has 1 N–H and O–H groups in total. The van der Waals surface area contributed by atoms with Crippen LogP contribution >= 0.6 is 0 Å². The molecule has 0 aromatic heterocycles. The molecule has 2 rings (SSSR count). The molecule has 100 valence electrons. The van der Waals surface area contributed by atoms with Crippen molar-refractivity contribution in [3.8, 4) is 0 Å². The fourth-order valence-corrected chi connectivity index (χ4v) is 4.39. The van der Waals surface area contributed by atoms with Crippen molar-refractivity contribution >= 4 is 10.1 Å². The number of unbranched alkanes of at least 4 members (excludes halogenated alkanes) is 1. The van der Waals surface area contributed by atoms with E-state index in [-0.39, 0.29) is 5.75 Å². The molecule has 0 spiro atoms. The van der Waals surface area contributed by atoms with Crippen molar-refractivity contribution in [2.75, 3.05) is 5.75 Å². The van der Waals surface area contributed by atoms with E-state index in [1.165, 1.54) is 38.5 Å². The fourth-order valence-electron chi connectivity index (χ4n) is 3.82. The molecule has 2 fully saturated rings. The lowest BCUT2D eigenvalue weighted by atomic mass is 9.67. The lowest BCUT2D eigenvalue weighted by Crippen LogP contribution is -2.26. The third-order valence-electron chi connectivity index (χ3n) is 4.49. The van der Waals surface area contributed by atoms with Crippen LogP contribution < -0.4 is 0 Å². The summed E-state index contributed by atoms with van der Waals surface area (Å²) in [4.78, 5) is 0. The molecule has 2 aliphatic rings. The minimum Gasteiger partial charge on any atom is -0.286 e. The topological polar surface area (TPSA) is 54.4 Å². The SMILES string of the molecule is O=S(=O)(O)CCCCC1CC2CCCC(C1)C2. The van der Waals surface area contributed by atoms with Gasteiger partial charge in [0.15, 0.2) is 0 Å². The highest BCUT2D eigenvalue weighted by Gasteiger charge is 2.31. The Bertz CT molecular complexity index is 325. The maximum atomic E-state index is 10.6. The second kappa shape index (κ2) is 5.70. The summed E-state index contributed by atoms with van der Waals surface area (Å²) in [6, 6.07) is 0. The van der Waals surface area contributed by atoms with Crippen LogP contribution in [0.2, 0.25) is 0 Å². The summed E-state index contributed by atoms with van der Waals surface area (Å²) < 4.78 is 29.9. The standard InChI is InChI=1S/C13H24O3S/c14-17(15,16)7-2-1-4-11-8-12-5-3-6-13(9-11)10-12/h11-13H,1-10H2,(H,14,15,16). The van der Waals surface area contributed by atoms with E-state index < -0.39 is 10.1 Å². The van der Waals surface area contributed by atoms with Crippen molar-refractivity contribution in [1.29, 1.82) is 0 Å². The van der Waals surface area contributed by atoms with Crippen LogP contribution in [0.15, 0.2) is 0 Å². The monoisotopic (exact) mass is 260 g/mol. The van der Waals surface area contributed by atoms with Gasteiger partial charge in [0.25, 0.3) is 10.1 Å². The average Bonchev–Trinajstić information content (AvgIpc) is 2.23. The highest BCUT2D eigenvalue weighted by Crippen LogP contribution is 2.43. The molecule has 0 aromatic carbocycles. The van der Waals surface area contributed by atoms with Gasteiger partial charge in [-0.15, -0.1) is 0 Å². The van der Waals surface area contributed by atoms with Crippen LogP contribution in [-0.4, -0.2) is 18.7 Å². The maximum absolute atomic E-state index is 10.6. The van der Waals surface area contributed by atoms with Crippen LogP contribution in [0.4, 0.5) is 0 Å². The molecular formula is C13H24O3S. The van der Waals surface area contributed by atoms with E-state index in [2.05, 4.69) is 0 Å². The summed E-state index contributed by atoms with van der Waals surface area (Å²) in [6.07, 6.45) is 11.1. The van der Waals surface area contributed by atoms with Gasteiger partial charge in [0, 0.05) is 0 Å². The first-order valence-corrected chi connectivity index (χ1v) is 8.59. The molecule has 17 heavy (non-hydrogen) atoms. The molecular weight excluding hydrogens is 236 g/mol. The lowest BCUT2D eigenvalue weighted by molar-refractivity contribution is 0.131. The molecule has 2 aliphatic carbocycles. The van der Waals surface area contributed by atoms with Gasteiger partial charge >= 0.3 is 0 Å². The number of hydrogen-bond donors (Lipinski definition) is 1. The molecule has 0 saturated heterocycles. The lowest BCUT2D eigenvalue weighted by Gasteiger charge is -2.39. The predicted octanol–water partition coefficient (Wildman–Crippen LogP) is 3.26. The quantitative estimate of drug-likeness (QED) is 0.610.